The minimum absolute atomic E-state index is 0.0596. The topological polar surface area (TPSA) is 83.4 Å². The van der Waals surface area contributed by atoms with Crippen molar-refractivity contribution >= 4 is 23.7 Å². The van der Waals surface area contributed by atoms with E-state index in [4.69, 9.17) is 9.84 Å². The number of rotatable bonds is 6. The quantitative estimate of drug-likeness (QED) is 0.739. The number of morpholine rings is 1. The molecule has 112 valence electrons. The first kappa shape index (κ1) is 15.3. The maximum Gasteiger partial charge on any atom is 0.231 e. The molecule has 2 heterocycles. The molecule has 0 bridgehead atoms. The molecule has 1 aliphatic rings. The van der Waals surface area contributed by atoms with Crippen LogP contribution in [0, 0.1) is 0 Å². The number of hydrogen-bond acceptors (Lipinski definition) is 8. The van der Waals surface area contributed by atoms with Crippen LogP contribution in [-0.4, -0.2) is 64.8 Å². The largest absolute Gasteiger partial charge is 0.395 e. The second-order valence-corrected chi connectivity index (χ2v) is 5.89. The van der Waals surface area contributed by atoms with Crippen molar-refractivity contribution in [2.75, 3.05) is 49.7 Å². The molecule has 2 rings (SSSR count). The number of nitrogens with one attached hydrogen (secondary N) is 1. The molecule has 0 radical (unpaired) electrons. The smallest absolute Gasteiger partial charge is 0.231 e. The number of hydrogen-bond donors (Lipinski definition) is 2. The van der Waals surface area contributed by atoms with Crippen molar-refractivity contribution in [1.29, 1.82) is 0 Å². The molecule has 8 heteroatoms. The van der Waals surface area contributed by atoms with Crippen LogP contribution < -0.4 is 10.2 Å². The molecular weight excluding hydrogens is 278 g/mol. The van der Waals surface area contributed by atoms with Crippen molar-refractivity contribution in [2.24, 2.45) is 0 Å². The fraction of sp³-hybridized carbons (Fsp3) is 0.750. The van der Waals surface area contributed by atoms with Crippen molar-refractivity contribution in [3.8, 4) is 0 Å². The number of ether oxygens (including phenoxy) is 1. The van der Waals surface area contributed by atoms with Crippen molar-refractivity contribution in [1.82, 2.24) is 15.0 Å². The van der Waals surface area contributed by atoms with Gasteiger partial charge in [-0.2, -0.15) is 15.0 Å². The number of nitrogens with zero attached hydrogens (tertiary/aromatic N) is 4. The number of thioether (sulfide) groups is 1. The highest BCUT2D eigenvalue weighted by Crippen LogP contribution is 2.22. The molecule has 0 aromatic carbocycles. The molecule has 1 unspecified atom stereocenters. The highest BCUT2D eigenvalue weighted by molar-refractivity contribution is 7.99. The van der Waals surface area contributed by atoms with E-state index >= 15 is 0 Å². The van der Waals surface area contributed by atoms with Crippen LogP contribution in [0.25, 0.3) is 0 Å². The lowest BCUT2D eigenvalue weighted by molar-refractivity contribution is 0.122. The zero-order valence-electron chi connectivity index (χ0n) is 11.9. The molecule has 7 nitrogen and oxygen atoms in total. The summed E-state index contributed by atoms with van der Waals surface area (Å²) in [5.41, 5.74) is 0. The van der Waals surface area contributed by atoms with Crippen LogP contribution in [0.5, 0.6) is 0 Å². The molecule has 1 atom stereocenters. The lowest BCUT2D eigenvalue weighted by atomic mass is 10.4. The number of aromatic nitrogens is 3. The molecule has 0 spiro atoms. The van der Waals surface area contributed by atoms with Crippen molar-refractivity contribution in [3.05, 3.63) is 0 Å². The van der Waals surface area contributed by atoms with Crippen molar-refractivity contribution < 1.29 is 9.84 Å². The Balaban J connectivity index is 2.20. The molecule has 0 aliphatic carbocycles. The minimum Gasteiger partial charge on any atom is -0.395 e. The Morgan fingerprint density at radius 3 is 2.75 bits per heavy atom. The normalized spacial score (nSPS) is 17.1. The van der Waals surface area contributed by atoms with Gasteiger partial charge in [-0.3, -0.25) is 0 Å². The molecule has 1 aromatic rings. The molecular formula is C12H21N5O2S. The molecule has 0 amide bonds. The zero-order valence-corrected chi connectivity index (χ0v) is 12.7. The summed E-state index contributed by atoms with van der Waals surface area (Å²) >= 11 is 1.45. The van der Waals surface area contributed by atoms with Crippen LogP contribution in [0.3, 0.4) is 0 Å². The third kappa shape index (κ3) is 4.19. The Morgan fingerprint density at radius 2 is 2.10 bits per heavy atom. The van der Waals surface area contributed by atoms with Gasteiger partial charge in [0.2, 0.25) is 11.9 Å². The second kappa shape index (κ2) is 7.61. The van der Waals surface area contributed by atoms with Gasteiger partial charge in [0.25, 0.3) is 0 Å². The molecule has 1 fully saturated rings. The molecule has 1 saturated heterocycles. The molecule has 2 N–H and O–H groups in total. The fourth-order valence-corrected chi connectivity index (χ4v) is 2.47. The van der Waals surface area contributed by atoms with Crippen LogP contribution in [0.1, 0.15) is 13.8 Å². The van der Waals surface area contributed by atoms with E-state index in [2.05, 4.69) is 25.2 Å². The minimum atomic E-state index is 0.0596. The summed E-state index contributed by atoms with van der Waals surface area (Å²) in [5.74, 6) is 1.25. The molecule has 20 heavy (non-hydrogen) atoms. The van der Waals surface area contributed by atoms with Gasteiger partial charge in [-0.25, -0.2) is 0 Å². The summed E-state index contributed by atoms with van der Waals surface area (Å²) in [4.78, 5) is 15.4. The van der Waals surface area contributed by atoms with Crippen LogP contribution in [0.2, 0.25) is 0 Å². The van der Waals surface area contributed by atoms with Gasteiger partial charge in [-0.15, -0.1) is 0 Å². The first-order chi connectivity index (χ1) is 9.72. The molecule has 1 aromatic heterocycles. The number of anilines is 2. The van der Waals surface area contributed by atoms with Gasteiger partial charge < -0.3 is 20.1 Å². The van der Waals surface area contributed by atoms with Gasteiger partial charge in [0.05, 0.1) is 19.8 Å². The van der Waals surface area contributed by atoms with E-state index in [1.165, 1.54) is 11.8 Å². The first-order valence-electron chi connectivity index (χ1n) is 6.83. The Labute approximate surface area is 123 Å². The van der Waals surface area contributed by atoms with Crippen molar-refractivity contribution in [2.45, 2.75) is 24.3 Å². The SMILES string of the molecule is CCNc1nc(SC(C)CO)nc(N2CCOCC2)n1. The second-order valence-electron chi connectivity index (χ2n) is 4.48. The summed E-state index contributed by atoms with van der Waals surface area (Å²) in [6, 6.07) is 0. The van der Waals surface area contributed by atoms with Gasteiger partial charge in [0, 0.05) is 24.9 Å². The highest BCUT2D eigenvalue weighted by atomic mass is 32.2. The van der Waals surface area contributed by atoms with E-state index in [9.17, 15) is 0 Å². The summed E-state index contributed by atoms with van der Waals surface area (Å²) in [7, 11) is 0. The number of aliphatic hydroxyl groups is 1. The van der Waals surface area contributed by atoms with Gasteiger partial charge in [-0.05, 0) is 6.92 Å². The monoisotopic (exact) mass is 299 g/mol. The van der Waals surface area contributed by atoms with Gasteiger partial charge in [0.1, 0.15) is 0 Å². The van der Waals surface area contributed by atoms with Gasteiger partial charge in [-0.1, -0.05) is 18.7 Å². The third-order valence-corrected chi connectivity index (χ3v) is 3.74. The van der Waals surface area contributed by atoms with Crippen LogP contribution in [0.4, 0.5) is 11.9 Å². The Bertz CT molecular complexity index is 428. The Hall–Kier alpha value is -1.12. The average molecular weight is 299 g/mol. The van der Waals surface area contributed by atoms with E-state index in [0.29, 0.717) is 30.3 Å². The Morgan fingerprint density at radius 1 is 1.35 bits per heavy atom. The summed E-state index contributed by atoms with van der Waals surface area (Å²) in [6.07, 6.45) is 0. The van der Waals surface area contributed by atoms with Crippen LogP contribution >= 0.6 is 11.8 Å². The highest BCUT2D eigenvalue weighted by Gasteiger charge is 2.17. The first-order valence-corrected chi connectivity index (χ1v) is 7.71. The number of aliphatic hydroxyl groups excluding tert-OH is 1. The molecule has 1 aliphatic heterocycles. The van der Waals surface area contributed by atoms with E-state index in [-0.39, 0.29) is 11.9 Å². The Kier molecular flexibility index (Phi) is 5.81. The predicted molar refractivity (Wildman–Crippen MR) is 79.4 cm³/mol. The van der Waals surface area contributed by atoms with Gasteiger partial charge in [0.15, 0.2) is 5.16 Å². The van der Waals surface area contributed by atoms with Crippen LogP contribution in [-0.2, 0) is 4.74 Å². The predicted octanol–water partition coefficient (Wildman–Crippen LogP) is 0.613. The summed E-state index contributed by atoms with van der Waals surface area (Å²) < 4.78 is 5.34. The van der Waals surface area contributed by atoms with E-state index in [1.54, 1.807) is 0 Å². The lowest BCUT2D eigenvalue weighted by Crippen LogP contribution is -2.37. The van der Waals surface area contributed by atoms with Crippen LogP contribution in [0.15, 0.2) is 5.16 Å². The zero-order chi connectivity index (χ0) is 14.4. The van der Waals surface area contributed by atoms with E-state index in [1.807, 2.05) is 13.8 Å². The molecule has 0 saturated carbocycles. The third-order valence-electron chi connectivity index (χ3n) is 2.80. The maximum absolute atomic E-state index is 9.15. The van der Waals surface area contributed by atoms with E-state index < -0.39 is 0 Å². The summed E-state index contributed by atoms with van der Waals surface area (Å²) in [5, 5.41) is 13.0. The lowest BCUT2D eigenvalue weighted by Gasteiger charge is -2.27. The van der Waals surface area contributed by atoms with Crippen molar-refractivity contribution in [3.63, 3.8) is 0 Å². The maximum atomic E-state index is 9.15. The standard InChI is InChI=1S/C12H21N5O2S/c1-3-13-10-14-11(17-4-6-19-7-5-17)16-12(15-10)20-9(2)8-18/h9,18H,3-8H2,1-2H3,(H,13,14,15,16). The summed E-state index contributed by atoms with van der Waals surface area (Å²) in [6.45, 7) is 7.75. The van der Waals surface area contributed by atoms with E-state index in [0.717, 1.165) is 19.6 Å². The average Bonchev–Trinajstić information content (AvgIpc) is 2.48. The van der Waals surface area contributed by atoms with Gasteiger partial charge >= 0.3 is 0 Å². The fourth-order valence-electron chi connectivity index (χ4n) is 1.76.